The zero-order valence-electron chi connectivity index (χ0n) is 17.5. The van der Waals surface area contributed by atoms with Crippen molar-refractivity contribution < 1.29 is 17.9 Å². The number of carbonyl (C=O) groups is 1. The van der Waals surface area contributed by atoms with E-state index in [0.717, 1.165) is 23.4 Å². The van der Waals surface area contributed by atoms with Gasteiger partial charge in [-0.3, -0.25) is 9.69 Å². The van der Waals surface area contributed by atoms with Crippen LogP contribution in [0.3, 0.4) is 0 Å². The number of rotatable bonds is 6. The lowest BCUT2D eigenvalue weighted by atomic mass is 10.1. The fourth-order valence-corrected chi connectivity index (χ4v) is 6.30. The zero-order chi connectivity index (χ0) is 21.3. The van der Waals surface area contributed by atoms with Gasteiger partial charge in [-0.2, -0.15) is 0 Å². The summed E-state index contributed by atoms with van der Waals surface area (Å²) >= 11 is 0. The molecule has 2 aromatic carbocycles. The van der Waals surface area contributed by atoms with Crippen LogP contribution in [-0.4, -0.2) is 56.5 Å². The molecular formula is C23H28N2O4S. The Morgan fingerprint density at radius 1 is 1.17 bits per heavy atom. The maximum atomic E-state index is 13.4. The summed E-state index contributed by atoms with van der Waals surface area (Å²) < 4.78 is 29.4. The molecule has 0 aromatic heterocycles. The second-order valence-electron chi connectivity index (χ2n) is 8.26. The van der Waals surface area contributed by atoms with Gasteiger partial charge in [-0.25, -0.2) is 8.42 Å². The van der Waals surface area contributed by atoms with Crippen LogP contribution in [0.15, 0.2) is 48.5 Å². The number of hydrogen-bond donors (Lipinski definition) is 0. The normalized spacial score (nSPS) is 22.3. The summed E-state index contributed by atoms with van der Waals surface area (Å²) in [5.41, 5.74) is 3.18. The second kappa shape index (κ2) is 8.40. The van der Waals surface area contributed by atoms with Crippen LogP contribution in [0, 0.1) is 0 Å². The van der Waals surface area contributed by atoms with Gasteiger partial charge in [-0.05, 0) is 49.1 Å². The summed E-state index contributed by atoms with van der Waals surface area (Å²) in [6.07, 6.45) is 1.41. The average Bonchev–Trinajstić information content (AvgIpc) is 3.26. The first-order chi connectivity index (χ1) is 14.4. The number of amides is 1. The van der Waals surface area contributed by atoms with Crippen LogP contribution in [0.1, 0.15) is 24.5 Å². The van der Waals surface area contributed by atoms with Gasteiger partial charge in [0.2, 0.25) is 5.91 Å². The van der Waals surface area contributed by atoms with E-state index in [-0.39, 0.29) is 36.0 Å². The van der Waals surface area contributed by atoms with E-state index in [4.69, 9.17) is 4.74 Å². The first kappa shape index (κ1) is 20.9. The molecule has 2 heterocycles. The largest absolute Gasteiger partial charge is 0.497 e. The molecule has 160 valence electrons. The quantitative estimate of drug-likeness (QED) is 0.708. The first-order valence-corrected chi connectivity index (χ1v) is 12.2. The van der Waals surface area contributed by atoms with Crippen molar-refractivity contribution in [2.24, 2.45) is 0 Å². The Morgan fingerprint density at radius 2 is 1.90 bits per heavy atom. The highest BCUT2D eigenvalue weighted by molar-refractivity contribution is 7.91. The Morgan fingerprint density at radius 3 is 2.57 bits per heavy atom. The highest BCUT2D eigenvalue weighted by Gasteiger charge is 2.36. The van der Waals surface area contributed by atoms with Gasteiger partial charge in [0.15, 0.2) is 9.84 Å². The topological polar surface area (TPSA) is 66.9 Å². The van der Waals surface area contributed by atoms with Crippen LogP contribution in [-0.2, 0) is 27.6 Å². The molecule has 30 heavy (non-hydrogen) atoms. The van der Waals surface area contributed by atoms with Crippen LogP contribution < -0.4 is 9.64 Å². The maximum Gasteiger partial charge on any atom is 0.241 e. The summed E-state index contributed by atoms with van der Waals surface area (Å²) in [6.45, 7) is 2.79. The van der Waals surface area contributed by atoms with E-state index in [1.54, 1.807) is 7.11 Å². The van der Waals surface area contributed by atoms with E-state index >= 15 is 0 Å². The molecule has 4 rings (SSSR count). The lowest BCUT2D eigenvalue weighted by Crippen LogP contribution is -2.46. The van der Waals surface area contributed by atoms with Crippen LogP contribution in [0.4, 0.5) is 5.69 Å². The number of nitrogens with zero attached hydrogens (tertiary/aromatic N) is 2. The monoisotopic (exact) mass is 428 g/mol. The Kier molecular flexibility index (Phi) is 5.84. The summed E-state index contributed by atoms with van der Waals surface area (Å²) in [5.74, 6) is 1.09. The minimum Gasteiger partial charge on any atom is -0.497 e. The van der Waals surface area contributed by atoms with Crippen molar-refractivity contribution in [1.82, 2.24) is 4.90 Å². The van der Waals surface area contributed by atoms with Gasteiger partial charge in [0, 0.05) is 24.3 Å². The number of anilines is 1. The van der Waals surface area contributed by atoms with Crippen LogP contribution in [0.2, 0.25) is 0 Å². The molecule has 0 aliphatic carbocycles. The van der Waals surface area contributed by atoms with Gasteiger partial charge in [-0.1, -0.05) is 30.3 Å². The summed E-state index contributed by atoms with van der Waals surface area (Å²) in [5, 5.41) is 0. The van der Waals surface area contributed by atoms with Gasteiger partial charge in [0.1, 0.15) is 5.75 Å². The molecule has 2 aromatic rings. The van der Waals surface area contributed by atoms with E-state index < -0.39 is 9.84 Å². The third-order valence-corrected chi connectivity index (χ3v) is 7.83. The molecule has 0 radical (unpaired) electrons. The molecule has 1 fully saturated rings. The number of carbonyl (C=O) groups excluding carboxylic acids is 1. The predicted molar refractivity (Wildman–Crippen MR) is 118 cm³/mol. The van der Waals surface area contributed by atoms with Crippen molar-refractivity contribution in [3.8, 4) is 5.75 Å². The third kappa shape index (κ3) is 4.37. The molecule has 0 spiro atoms. The van der Waals surface area contributed by atoms with Crippen molar-refractivity contribution in [3.05, 3.63) is 59.7 Å². The minimum absolute atomic E-state index is 0.0188. The molecule has 7 heteroatoms. The zero-order valence-corrected chi connectivity index (χ0v) is 18.3. The fourth-order valence-electron chi connectivity index (χ4n) is 4.54. The molecule has 0 saturated carbocycles. The van der Waals surface area contributed by atoms with Gasteiger partial charge in [0.25, 0.3) is 0 Å². The number of ether oxygens (including phenoxy) is 1. The smallest absolute Gasteiger partial charge is 0.241 e. The van der Waals surface area contributed by atoms with Crippen molar-refractivity contribution in [2.45, 2.75) is 38.4 Å². The molecule has 2 atom stereocenters. The summed E-state index contributed by atoms with van der Waals surface area (Å²) in [7, 11) is -1.42. The molecule has 1 saturated heterocycles. The Balaban J connectivity index is 1.55. The lowest BCUT2D eigenvalue weighted by Gasteiger charge is -2.31. The maximum absolute atomic E-state index is 13.4. The number of para-hydroxylation sites is 1. The molecule has 2 aliphatic heterocycles. The summed E-state index contributed by atoms with van der Waals surface area (Å²) in [6, 6.07) is 15.7. The van der Waals surface area contributed by atoms with E-state index in [2.05, 4.69) is 13.0 Å². The average molecular weight is 429 g/mol. The number of benzene rings is 2. The molecule has 0 unspecified atom stereocenters. The first-order valence-electron chi connectivity index (χ1n) is 10.3. The van der Waals surface area contributed by atoms with Crippen molar-refractivity contribution in [1.29, 1.82) is 0 Å². The molecule has 0 bridgehead atoms. The van der Waals surface area contributed by atoms with Crippen LogP contribution in [0.25, 0.3) is 0 Å². The summed E-state index contributed by atoms with van der Waals surface area (Å²) in [4.78, 5) is 17.3. The van der Waals surface area contributed by atoms with E-state index in [1.165, 1.54) is 5.56 Å². The van der Waals surface area contributed by atoms with E-state index in [1.807, 2.05) is 52.3 Å². The molecule has 1 amide bonds. The number of hydrogen-bond acceptors (Lipinski definition) is 5. The van der Waals surface area contributed by atoms with Crippen LogP contribution >= 0.6 is 0 Å². The van der Waals surface area contributed by atoms with Crippen molar-refractivity contribution in [3.63, 3.8) is 0 Å². The Hall–Kier alpha value is -2.38. The third-order valence-electron chi connectivity index (χ3n) is 6.08. The van der Waals surface area contributed by atoms with Gasteiger partial charge >= 0.3 is 0 Å². The number of sulfone groups is 1. The number of fused-ring (bicyclic) bond motifs is 1. The minimum atomic E-state index is -3.04. The predicted octanol–water partition coefficient (Wildman–Crippen LogP) is 2.66. The molecule has 2 aliphatic rings. The molecule has 0 N–H and O–H groups in total. The lowest BCUT2D eigenvalue weighted by molar-refractivity contribution is -0.120. The van der Waals surface area contributed by atoms with Gasteiger partial charge < -0.3 is 9.64 Å². The second-order valence-corrected chi connectivity index (χ2v) is 10.5. The standard InChI is InChI=1S/C23H28N2O4S/c1-17-13-19-5-3-4-6-22(19)25(17)23(26)15-24(20-11-12-30(27,28)16-20)14-18-7-9-21(29-2)10-8-18/h3-10,17,20H,11-16H2,1-2H3/t17-,20+/m1/s1. The van der Waals surface area contributed by atoms with Crippen molar-refractivity contribution in [2.75, 3.05) is 30.1 Å². The SMILES string of the molecule is COc1ccc(CN(CC(=O)N2c3ccccc3C[C@H]2C)[C@H]2CCS(=O)(=O)C2)cc1. The van der Waals surface area contributed by atoms with Crippen molar-refractivity contribution >= 4 is 21.4 Å². The highest BCUT2D eigenvalue weighted by Crippen LogP contribution is 2.32. The molecular weight excluding hydrogens is 400 g/mol. The Labute approximate surface area is 178 Å². The Bertz CT molecular complexity index is 1020. The van der Waals surface area contributed by atoms with E-state index in [9.17, 15) is 13.2 Å². The molecule has 6 nitrogen and oxygen atoms in total. The fraction of sp³-hybridized carbons (Fsp3) is 0.435. The van der Waals surface area contributed by atoms with Gasteiger partial charge in [-0.15, -0.1) is 0 Å². The van der Waals surface area contributed by atoms with Crippen LogP contribution in [0.5, 0.6) is 5.75 Å². The number of methoxy groups -OCH3 is 1. The van der Waals surface area contributed by atoms with E-state index in [0.29, 0.717) is 13.0 Å². The van der Waals surface area contributed by atoms with Gasteiger partial charge in [0.05, 0.1) is 25.2 Å². The highest BCUT2D eigenvalue weighted by atomic mass is 32.2.